The number of benzene rings is 3. The number of aryl methyl sites for hydroxylation is 1. The second kappa shape index (κ2) is 10.3. The predicted molar refractivity (Wildman–Crippen MR) is 131 cm³/mol. The van der Waals surface area contributed by atoms with Crippen LogP contribution < -0.4 is 10.6 Å². The molecule has 2 amide bonds. The molecule has 0 aliphatic rings. The Kier molecular flexibility index (Phi) is 7.07. The van der Waals surface area contributed by atoms with Crippen LogP contribution in [0.4, 0.5) is 11.4 Å². The van der Waals surface area contributed by atoms with Crippen molar-refractivity contribution >= 4 is 46.6 Å². The molecule has 0 spiro atoms. The zero-order chi connectivity index (χ0) is 23.2. The minimum Gasteiger partial charge on any atom is -0.324 e. The van der Waals surface area contributed by atoms with Crippen molar-refractivity contribution in [3.05, 3.63) is 95.3 Å². The first-order valence-electron chi connectivity index (χ1n) is 10.1. The molecule has 9 heteroatoms. The van der Waals surface area contributed by atoms with Gasteiger partial charge in [0.15, 0.2) is 5.16 Å². The second-order valence-corrected chi connectivity index (χ2v) is 8.54. The number of nitrogens with zero attached hydrogens (tertiary/aromatic N) is 3. The molecule has 0 aliphatic carbocycles. The maximum absolute atomic E-state index is 12.6. The van der Waals surface area contributed by atoms with Gasteiger partial charge in [-0.2, -0.15) is 0 Å². The highest BCUT2D eigenvalue weighted by Gasteiger charge is 2.13. The lowest BCUT2D eigenvalue weighted by Crippen LogP contribution is -2.18. The molecule has 0 bridgehead atoms. The third-order valence-corrected chi connectivity index (χ3v) is 5.91. The van der Waals surface area contributed by atoms with Crippen molar-refractivity contribution in [2.24, 2.45) is 0 Å². The highest BCUT2D eigenvalue weighted by Crippen LogP contribution is 2.24. The molecule has 0 radical (unpaired) electrons. The summed E-state index contributed by atoms with van der Waals surface area (Å²) in [4.78, 5) is 25.2. The average Bonchev–Trinajstić information content (AvgIpc) is 3.28. The Hall–Kier alpha value is -3.62. The van der Waals surface area contributed by atoms with Gasteiger partial charge in [0, 0.05) is 16.3 Å². The molecule has 0 fully saturated rings. The van der Waals surface area contributed by atoms with E-state index in [4.69, 9.17) is 11.6 Å². The summed E-state index contributed by atoms with van der Waals surface area (Å²) in [6.07, 6.45) is 1.62. The van der Waals surface area contributed by atoms with E-state index in [-0.39, 0.29) is 17.6 Å². The Bertz CT molecular complexity index is 1270. The lowest BCUT2D eigenvalue weighted by Gasteiger charge is -2.12. The highest BCUT2D eigenvalue weighted by atomic mass is 35.5. The smallest absolute Gasteiger partial charge is 0.255 e. The highest BCUT2D eigenvalue weighted by molar-refractivity contribution is 7.99. The van der Waals surface area contributed by atoms with Crippen molar-refractivity contribution in [2.75, 3.05) is 16.4 Å². The SMILES string of the molecule is Cc1ccc(-n2cnnc2SCC(=O)Nc2ccccc2NC(=O)c2ccc(Cl)cc2)cc1. The Morgan fingerprint density at radius 2 is 1.61 bits per heavy atom. The zero-order valence-corrected chi connectivity index (χ0v) is 19.2. The third kappa shape index (κ3) is 5.79. The molecule has 3 aromatic carbocycles. The van der Waals surface area contributed by atoms with E-state index in [1.165, 1.54) is 11.8 Å². The van der Waals surface area contributed by atoms with Crippen molar-refractivity contribution in [2.45, 2.75) is 12.1 Å². The fourth-order valence-corrected chi connectivity index (χ4v) is 3.87. The van der Waals surface area contributed by atoms with Crippen LogP contribution in [0.2, 0.25) is 5.02 Å². The zero-order valence-electron chi connectivity index (χ0n) is 17.7. The number of anilines is 2. The van der Waals surface area contributed by atoms with Gasteiger partial charge in [0.05, 0.1) is 17.1 Å². The quantitative estimate of drug-likeness (QED) is 0.356. The van der Waals surface area contributed by atoms with Crippen LogP contribution in [0, 0.1) is 6.92 Å². The number of carbonyl (C=O) groups excluding carboxylic acids is 2. The van der Waals surface area contributed by atoms with Crippen LogP contribution in [-0.2, 0) is 4.79 Å². The summed E-state index contributed by atoms with van der Waals surface area (Å²) in [6, 6.07) is 21.6. The molecule has 1 heterocycles. The molecule has 1 aromatic heterocycles. The predicted octanol–water partition coefficient (Wildman–Crippen LogP) is 5.21. The minimum absolute atomic E-state index is 0.129. The first-order valence-corrected chi connectivity index (χ1v) is 11.4. The van der Waals surface area contributed by atoms with E-state index in [1.54, 1.807) is 54.9 Å². The molecular formula is C24H20ClN5O2S. The summed E-state index contributed by atoms with van der Waals surface area (Å²) in [5.74, 6) is -0.398. The van der Waals surface area contributed by atoms with Crippen molar-refractivity contribution < 1.29 is 9.59 Å². The molecule has 0 atom stereocenters. The second-order valence-electron chi connectivity index (χ2n) is 7.16. The van der Waals surface area contributed by atoms with Crippen molar-refractivity contribution in [1.82, 2.24) is 14.8 Å². The van der Waals surface area contributed by atoms with E-state index >= 15 is 0 Å². The molecule has 0 unspecified atom stereocenters. The number of nitrogens with one attached hydrogen (secondary N) is 2. The van der Waals surface area contributed by atoms with Gasteiger partial charge in [0.2, 0.25) is 5.91 Å². The van der Waals surface area contributed by atoms with Crippen molar-refractivity contribution in [1.29, 1.82) is 0 Å². The van der Waals surface area contributed by atoms with E-state index in [0.29, 0.717) is 27.1 Å². The molecule has 0 aliphatic heterocycles. The van der Waals surface area contributed by atoms with Gasteiger partial charge in [-0.25, -0.2) is 0 Å². The van der Waals surface area contributed by atoms with Gasteiger partial charge in [-0.1, -0.05) is 53.2 Å². The topological polar surface area (TPSA) is 88.9 Å². The maximum atomic E-state index is 12.6. The van der Waals surface area contributed by atoms with Crippen LogP contribution in [0.15, 0.2) is 84.3 Å². The van der Waals surface area contributed by atoms with Gasteiger partial charge in [0.25, 0.3) is 5.91 Å². The molecule has 0 saturated carbocycles. The lowest BCUT2D eigenvalue weighted by molar-refractivity contribution is -0.113. The average molecular weight is 478 g/mol. The first kappa shape index (κ1) is 22.6. The van der Waals surface area contributed by atoms with Gasteiger partial charge >= 0.3 is 0 Å². The van der Waals surface area contributed by atoms with Crippen molar-refractivity contribution in [3.8, 4) is 5.69 Å². The number of thioether (sulfide) groups is 1. The van der Waals surface area contributed by atoms with Gasteiger partial charge in [0.1, 0.15) is 6.33 Å². The number of hydrogen-bond acceptors (Lipinski definition) is 5. The Morgan fingerprint density at radius 3 is 2.30 bits per heavy atom. The number of rotatable bonds is 7. The van der Waals surface area contributed by atoms with E-state index in [0.717, 1.165) is 11.3 Å². The van der Waals surface area contributed by atoms with Gasteiger partial charge in [-0.15, -0.1) is 10.2 Å². The summed E-state index contributed by atoms with van der Waals surface area (Å²) in [5.41, 5.74) is 3.54. The van der Waals surface area contributed by atoms with E-state index in [2.05, 4.69) is 20.8 Å². The van der Waals surface area contributed by atoms with Crippen LogP contribution in [0.5, 0.6) is 0 Å². The summed E-state index contributed by atoms with van der Waals surface area (Å²) in [5, 5.41) is 14.9. The standard InChI is InChI=1S/C24H20ClN5O2S/c1-16-6-12-19(13-7-16)30-15-26-29-24(30)33-14-22(31)27-20-4-2-3-5-21(20)28-23(32)17-8-10-18(25)11-9-17/h2-13,15H,14H2,1H3,(H,27,31)(H,28,32). The molecule has 0 saturated heterocycles. The molecule has 4 aromatic rings. The number of para-hydroxylation sites is 2. The van der Waals surface area contributed by atoms with Gasteiger partial charge < -0.3 is 10.6 Å². The van der Waals surface area contributed by atoms with Crippen LogP contribution in [-0.4, -0.2) is 32.3 Å². The maximum Gasteiger partial charge on any atom is 0.255 e. The molecule has 33 heavy (non-hydrogen) atoms. The Balaban J connectivity index is 1.40. The largest absolute Gasteiger partial charge is 0.324 e. The molecule has 4 rings (SSSR count). The molecular weight excluding hydrogens is 458 g/mol. The van der Waals surface area contributed by atoms with E-state index in [1.807, 2.05) is 35.8 Å². The monoisotopic (exact) mass is 477 g/mol. The van der Waals surface area contributed by atoms with E-state index in [9.17, 15) is 9.59 Å². The number of amides is 2. The van der Waals surface area contributed by atoms with Crippen molar-refractivity contribution in [3.63, 3.8) is 0 Å². The summed E-state index contributed by atoms with van der Waals surface area (Å²) in [6.45, 7) is 2.02. The normalized spacial score (nSPS) is 10.6. The number of aromatic nitrogens is 3. The molecule has 166 valence electrons. The first-order chi connectivity index (χ1) is 16.0. The minimum atomic E-state index is -0.297. The Labute approximate surface area is 200 Å². The number of hydrogen-bond donors (Lipinski definition) is 2. The van der Waals surface area contributed by atoms with Crippen LogP contribution in [0.1, 0.15) is 15.9 Å². The number of halogens is 1. The van der Waals surface area contributed by atoms with E-state index < -0.39 is 0 Å². The van der Waals surface area contributed by atoms with Crippen LogP contribution in [0.25, 0.3) is 5.69 Å². The van der Waals surface area contributed by atoms with Crippen LogP contribution >= 0.6 is 23.4 Å². The summed E-state index contributed by atoms with van der Waals surface area (Å²) < 4.78 is 1.83. The lowest BCUT2D eigenvalue weighted by atomic mass is 10.2. The van der Waals surface area contributed by atoms with Gasteiger partial charge in [-0.05, 0) is 55.5 Å². The fourth-order valence-electron chi connectivity index (χ4n) is 3.02. The number of carbonyl (C=O) groups is 2. The molecule has 7 nitrogen and oxygen atoms in total. The third-order valence-electron chi connectivity index (χ3n) is 4.72. The Morgan fingerprint density at radius 1 is 0.939 bits per heavy atom. The van der Waals surface area contributed by atoms with Crippen LogP contribution in [0.3, 0.4) is 0 Å². The summed E-state index contributed by atoms with van der Waals surface area (Å²) >= 11 is 7.16. The summed E-state index contributed by atoms with van der Waals surface area (Å²) in [7, 11) is 0. The fraction of sp³-hybridized carbons (Fsp3) is 0.0833. The molecule has 2 N–H and O–H groups in total. The van der Waals surface area contributed by atoms with Gasteiger partial charge in [-0.3, -0.25) is 14.2 Å².